The molecule has 1 aliphatic heterocycles. The summed E-state index contributed by atoms with van der Waals surface area (Å²) >= 11 is 0. The number of hydrogen-bond acceptors (Lipinski definition) is 3. The average Bonchev–Trinajstić information content (AvgIpc) is 2.90. The average molecular weight is 323 g/mol. The molecule has 4 heteroatoms. The predicted molar refractivity (Wildman–Crippen MR) is 92.8 cm³/mol. The molecule has 0 spiro atoms. The van der Waals surface area contributed by atoms with E-state index in [1.165, 1.54) is 0 Å². The van der Waals surface area contributed by atoms with E-state index in [2.05, 4.69) is 0 Å². The fourth-order valence-electron chi connectivity index (χ4n) is 3.15. The molecule has 2 aromatic carbocycles. The van der Waals surface area contributed by atoms with E-state index in [0.29, 0.717) is 0 Å². The van der Waals surface area contributed by atoms with Gasteiger partial charge in [-0.2, -0.15) is 0 Å². The maximum absolute atomic E-state index is 12.8. The maximum Gasteiger partial charge on any atom is 0.311 e. The molecule has 0 aromatic heterocycles. The number of hydrogen-bond donors (Lipinski definition) is 0. The summed E-state index contributed by atoms with van der Waals surface area (Å²) in [5, 5.41) is 0. The number of carbonyl (C=O) groups excluding carboxylic acids is 2. The van der Waals surface area contributed by atoms with E-state index in [9.17, 15) is 9.59 Å². The van der Waals surface area contributed by atoms with Crippen LogP contribution in [0, 0.1) is 0 Å². The van der Waals surface area contributed by atoms with Crippen LogP contribution in [0.15, 0.2) is 54.6 Å². The molecule has 0 saturated carbocycles. The van der Waals surface area contributed by atoms with Gasteiger partial charge in [-0.1, -0.05) is 48.5 Å². The Bertz CT molecular complexity index is 742. The summed E-state index contributed by atoms with van der Waals surface area (Å²) in [6, 6.07) is 17.3. The molecule has 1 heterocycles. The van der Waals surface area contributed by atoms with E-state index in [4.69, 9.17) is 4.74 Å². The molecule has 124 valence electrons. The fraction of sp³-hybridized carbons (Fsp3) is 0.300. The Balaban J connectivity index is 1.66. The number of rotatable bonds is 4. The number of carbonyl (C=O) groups is 2. The molecule has 0 saturated heterocycles. The quantitative estimate of drug-likeness (QED) is 0.812. The molecule has 0 unspecified atom stereocenters. The third kappa shape index (κ3) is 3.32. The van der Waals surface area contributed by atoms with Crippen LogP contribution in [0.5, 0.6) is 0 Å². The lowest BCUT2D eigenvalue weighted by molar-refractivity contribution is -0.153. The van der Waals surface area contributed by atoms with Crippen LogP contribution in [0.1, 0.15) is 25.0 Å². The summed E-state index contributed by atoms with van der Waals surface area (Å²) < 4.78 is 5.36. The van der Waals surface area contributed by atoms with Crippen LogP contribution in [0.2, 0.25) is 0 Å². The second-order valence-corrected chi connectivity index (χ2v) is 6.18. The number of fused-ring (bicyclic) bond motifs is 1. The summed E-state index contributed by atoms with van der Waals surface area (Å²) in [6.45, 7) is 3.65. The smallest absolute Gasteiger partial charge is 0.311 e. The van der Waals surface area contributed by atoms with E-state index < -0.39 is 6.10 Å². The predicted octanol–water partition coefficient (Wildman–Crippen LogP) is 3.14. The van der Waals surface area contributed by atoms with Crippen molar-refractivity contribution < 1.29 is 14.3 Å². The number of esters is 1. The zero-order valence-electron chi connectivity index (χ0n) is 13.9. The fourth-order valence-corrected chi connectivity index (χ4v) is 3.15. The molecule has 24 heavy (non-hydrogen) atoms. The Morgan fingerprint density at radius 1 is 1.12 bits per heavy atom. The molecule has 2 aromatic rings. The lowest BCUT2D eigenvalue weighted by Gasteiger charge is -2.26. The minimum absolute atomic E-state index is 0.0742. The lowest BCUT2D eigenvalue weighted by atomic mass is 10.1. The molecule has 1 amide bonds. The van der Waals surface area contributed by atoms with Crippen LogP contribution in [0.3, 0.4) is 0 Å². The Morgan fingerprint density at radius 2 is 1.79 bits per heavy atom. The number of nitrogens with zero attached hydrogens (tertiary/aromatic N) is 1. The van der Waals surface area contributed by atoms with Crippen molar-refractivity contribution in [3.8, 4) is 0 Å². The molecule has 0 radical (unpaired) electrons. The topological polar surface area (TPSA) is 46.6 Å². The van der Waals surface area contributed by atoms with Crippen molar-refractivity contribution in [1.82, 2.24) is 0 Å². The van der Waals surface area contributed by atoms with Gasteiger partial charge in [-0.3, -0.25) is 9.59 Å². The summed E-state index contributed by atoms with van der Waals surface area (Å²) in [5.74, 6) is -0.559. The molecule has 0 fully saturated rings. The Morgan fingerprint density at radius 3 is 2.54 bits per heavy atom. The molecule has 0 N–H and O–H groups in total. The number of benzene rings is 2. The first-order valence-electron chi connectivity index (χ1n) is 8.20. The maximum atomic E-state index is 12.8. The summed E-state index contributed by atoms with van der Waals surface area (Å²) in [4.78, 5) is 26.6. The van der Waals surface area contributed by atoms with Crippen LogP contribution in [-0.2, 0) is 27.2 Å². The van der Waals surface area contributed by atoms with Gasteiger partial charge >= 0.3 is 5.97 Å². The highest BCUT2D eigenvalue weighted by Gasteiger charge is 2.34. The number of ether oxygens (including phenoxy) is 1. The van der Waals surface area contributed by atoms with Crippen molar-refractivity contribution in [2.24, 2.45) is 0 Å². The standard InChI is InChI=1S/C20H21NO3/c1-14-12-17-10-6-7-11-18(17)21(14)20(23)15(2)24-19(22)13-16-8-4-3-5-9-16/h3-11,14-15H,12-13H2,1-2H3/t14-,15+/m0/s1. The first-order valence-corrected chi connectivity index (χ1v) is 8.20. The van der Waals surface area contributed by atoms with Crippen molar-refractivity contribution in [3.05, 3.63) is 65.7 Å². The second-order valence-electron chi connectivity index (χ2n) is 6.18. The molecular formula is C20H21NO3. The van der Waals surface area contributed by atoms with Gasteiger partial charge in [0.1, 0.15) is 0 Å². The van der Waals surface area contributed by atoms with E-state index in [-0.39, 0.29) is 24.3 Å². The molecule has 2 atom stereocenters. The third-order valence-electron chi connectivity index (χ3n) is 4.29. The van der Waals surface area contributed by atoms with Crippen LogP contribution < -0.4 is 4.90 Å². The zero-order chi connectivity index (χ0) is 17.1. The zero-order valence-corrected chi connectivity index (χ0v) is 13.9. The normalized spacial score (nSPS) is 17.2. The molecule has 1 aliphatic rings. The van der Waals surface area contributed by atoms with Crippen molar-refractivity contribution in [2.45, 2.75) is 38.8 Å². The van der Waals surface area contributed by atoms with Gasteiger partial charge < -0.3 is 9.64 Å². The molecular weight excluding hydrogens is 302 g/mol. The van der Waals surface area contributed by atoms with Crippen LogP contribution in [-0.4, -0.2) is 24.0 Å². The molecule has 4 nitrogen and oxygen atoms in total. The van der Waals surface area contributed by atoms with Gasteiger partial charge in [0.25, 0.3) is 5.91 Å². The van der Waals surface area contributed by atoms with Crippen molar-refractivity contribution >= 4 is 17.6 Å². The van der Waals surface area contributed by atoms with Gasteiger partial charge in [-0.05, 0) is 37.5 Å². The van der Waals surface area contributed by atoms with Gasteiger partial charge in [-0.25, -0.2) is 0 Å². The van der Waals surface area contributed by atoms with Gasteiger partial charge in [0.15, 0.2) is 6.10 Å². The van der Waals surface area contributed by atoms with Crippen molar-refractivity contribution in [1.29, 1.82) is 0 Å². The summed E-state index contributed by atoms with van der Waals surface area (Å²) in [7, 11) is 0. The third-order valence-corrected chi connectivity index (χ3v) is 4.29. The minimum Gasteiger partial charge on any atom is -0.452 e. The van der Waals surface area contributed by atoms with E-state index in [1.807, 2.05) is 61.5 Å². The van der Waals surface area contributed by atoms with E-state index >= 15 is 0 Å². The number of para-hydroxylation sites is 1. The highest BCUT2D eigenvalue weighted by atomic mass is 16.5. The largest absolute Gasteiger partial charge is 0.452 e. The highest BCUT2D eigenvalue weighted by molar-refractivity contribution is 5.99. The summed E-state index contributed by atoms with van der Waals surface area (Å²) in [6.07, 6.45) is 0.201. The SMILES string of the molecule is C[C@@H](OC(=O)Cc1ccccc1)C(=O)N1c2ccccc2C[C@@H]1C. The monoisotopic (exact) mass is 323 g/mol. The van der Waals surface area contributed by atoms with Gasteiger partial charge in [0.05, 0.1) is 6.42 Å². The van der Waals surface area contributed by atoms with E-state index in [1.54, 1.807) is 11.8 Å². The first-order chi connectivity index (χ1) is 11.6. The molecule has 3 rings (SSSR count). The number of anilines is 1. The first kappa shape index (κ1) is 16.2. The minimum atomic E-state index is -0.796. The van der Waals surface area contributed by atoms with Crippen molar-refractivity contribution in [2.75, 3.05) is 4.90 Å². The molecule has 0 bridgehead atoms. The van der Waals surface area contributed by atoms with Crippen LogP contribution in [0.4, 0.5) is 5.69 Å². The number of amides is 1. The Labute approximate surface area is 142 Å². The van der Waals surface area contributed by atoms with E-state index in [0.717, 1.165) is 23.2 Å². The van der Waals surface area contributed by atoms with Gasteiger partial charge in [0.2, 0.25) is 0 Å². The second kappa shape index (κ2) is 6.87. The van der Waals surface area contributed by atoms with Crippen molar-refractivity contribution in [3.63, 3.8) is 0 Å². The Hall–Kier alpha value is -2.62. The van der Waals surface area contributed by atoms with Gasteiger partial charge in [-0.15, -0.1) is 0 Å². The lowest BCUT2D eigenvalue weighted by Crippen LogP contribution is -2.43. The van der Waals surface area contributed by atoms with Gasteiger partial charge in [0, 0.05) is 11.7 Å². The van der Waals surface area contributed by atoms with Crippen LogP contribution in [0.25, 0.3) is 0 Å². The Kier molecular flexibility index (Phi) is 4.65. The highest BCUT2D eigenvalue weighted by Crippen LogP contribution is 2.32. The molecule has 0 aliphatic carbocycles. The van der Waals surface area contributed by atoms with Crippen LogP contribution >= 0.6 is 0 Å². The summed E-state index contributed by atoms with van der Waals surface area (Å²) in [5.41, 5.74) is 2.95.